The van der Waals surface area contributed by atoms with E-state index in [9.17, 15) is 4.79 Å². The molecular weight excluding hydrogens is 238 g/mol. The number of fused-ring (bicyclic) bond motifs is 1. The number of benzene rings is 2. The maximum Gasteiger partial charge on any atom is 0.305 e. The van der Waals surface area contributed by atoms with E-state index >= 15 is 0 Å². The van der Waals surface area contributed by atoms with Gasteiger partial charge < -0.3 is 10.8 Å². The molecule has 4 heteroatoms. The molecule has 0 aliphatic rings. The van der Waals surface area contributed by atoms with Gasteiger partial charge in [0.15, 0.2) is 0 Å². The molecule has 3 nitrogen and oxygen atoms in total. The Morgan fingerprint density at radius 3 is 2.53 bits per heavy atom. The number of hydrogen-bond acceptors (Lipinski definition) is 2. The molecule has 0 spiro atoms. The Labute approximate surface area is 106 Å². The molecule has 0 saturated carbocycles. The predicted molar refractivity (Wildman–Crippen MR) is 70.4 cm³/mol. The van der Waals surface area contributed by atoms with Crippen molar-refractivity contribution >= 4 is 29.1 Å². The van der Waals surface area contributed by atoms with E-state index in [1.165, 1.54) is 0 Å². The first-order chi connectivity index (χ1) is 7.68. The molecule has 2 aromatic carbocycles. The highest BCUT2D eigenvalue weighted by Gasteiger charge is 2.12. The molecule has 17 heavy (non-hydrogen) atoms. The van der Waals surface area contributed by atoms with Crippen molar-refractivity contribution in [3.8, 4) is 0 Å². The standard InChI is InChI=1S/C13H13NO2.ClH/c14-12(8-13(15)16)11-7-3-5-9-4-1-2-6-10(9)11;/h1-7,12H,8,14H2,(H,15,16);1H/t12-;/m1./s1. The van der Waals surface area contributed by atoms with E-state index in [0.717, 1.165) is 16.3 Å². The predicted octanol–water partition coefficient (Wildman–Crippen LogP) is 2.74. The fourth-order valence-corrected chi connectivity index (χ4v) is 1.87. The number of carboxylic acids is 1. The summed E-state index contributed by atoms with van der Waals surface area (Å²) in [4.78, 5) is 10.6. The van der Waals surface area contributed by atoms with Crippen LogP contribution in [0.5, 0.6) is 0 Å². The molecule has 90 valence electrons. The van der Waals surface area contributed by atoms with Crippen LogP contribution in [0.1, 0.15) is 18.0 Å². The van der Waals surface area contributed by atoms with Gasteiger partial charge in [-0.25, -0.2) is 0 Å². The first-order valence-corrected chi connectivity index (χ1v) is 5.13. The van der Waals surface area contributed by atoms with E-state index in [0.29, 0.717) is 0 Å². The summed E-state index contributed by atoms with van der Waals surface area (Å²) in [7, 11) is 0. The number of rotatable bonds is 3. The van der Waals surface area contributed by atoms with Crippen LogP contribution in [0.4, 0.5) is 0 Å². The highest BCUT2D eigenvalue weighted by molar-refractivity contribution is 5.86. The lowest BCUT2D eigenvalue weighted by atomic mass is 9.97. The van der Waals surface area contributed by atoms with Gasteiger partial charge in [0.25, 0.3) is 0 Å². The van der Waals surface area contributed by atoms with Crippen LogP contribution in [0.2, 0.25) is 0 Å². The smallest absolute Gasteiger partial charge is 0.305 e. The van der Waals surface area contributed by atoms with E-state index in [4.69, 9.17) is 10.8 Å². The monoisotopic (exact) mass is 251 g/mol. The van der Waals surface area contributed by atoms with Gasteiger partial charge in [0.2, 0.25) is 0 Å². The van der Waals surface area contributed by atoms with Crippen LogP contribution < -0.4 is 5.73 Å². The zero-order valence-corrected chi connectivity index (χ0v) is 9.98. The third kappa shape index (κ3) is 2.96. The van der Waals surface area contributed by atoms with Crippen molar-refractivity contribution in [3.63, 3.8) is 0 Å². The Balaban J connectivity index is 0.00000144. The molecule has 1 atom stereocenters. The second-order valence-electron chi connectivity index (χ2n) is 3.77. The normalized spacial score (nSPS) is 11.8. The molecular formula is C13H14ClNO2. The number of halogens is 1. The summed E-state index contributed by atoms with van der Waals surface area (Å²) in [5.41, 5.74) is 6.77. The molecule has 0 amide bonds. The molecule has 3 N–H and O–H groups in total. The number of carbonyl (C=O) groups is 1. The van der Waals surface area contributed by atoms with Gasteiger partial charge >= 0.3 is 5.97 Å². The summed E-state index contributed by atoms with van der Waals surface area (Å²) in [5.74, 6) is -0.875. The van der Waals surface area contributed by atoms with Crippen molar-refractivity contribution in [3.05, 3.63) is 48.0 Å². The summed E-state index contributed by atoms with van der Waals surface area (Å²) < 4.78 is 0. The van der Waals surface area contributed by atoms with Crippen LogP contribution in [0.15, 0.2) is 42.5 Å². The van der Waals surface area contributed by atoms with Gasteiger partial charge in [0.05, 0.1) is 6.42 Å². The highest BCUT2D eigenvalue weighted by Crippen LogP contribution is 2.24. The SMILES string of the molecule is Cl.N[C@H](CC(=O)O)c1cccc2ccccc12. The minimum Gasteiger partial charge on any atom is -0.481 e. The van der Waals surface area contributed by atoms with E-state index < -0.39 is 12.0 Å². The number of hydrogen-bond donors (Lipinski definition) is 2. The third-order valence-corrected chi connectivity index (χ3v) is 2.62. The number of nitrogens with two attached hydrogens (primary N) is 1. The van der Waals surface area contributed by atoms with Crippen LogP contribution in [0, 0.1) is 0 Å². The Bertz CT molecular complexity index is 522. The Hall–Kier alpha value is -1.58. The molecule has 0 heterocycles. The van der Waals surface area contributed by atoms with Crippen LogP contribution in [-0.4, -0.2) is 11.1 Å². The summed E-state index contributed by atoms with van der Waals surface area (Å²) >= 11 is 0. The topological polar surface area (TPSA) is 63.3 Å². The average Bonchev–Trinajstić information content (AvgIpc) is 2.27. The van der Waals surface area contributed by atoms with Crippen molar-refractivity contribution in [1.82, 2.24) is 0 Å². The molecule has 0 aliphatic heterocycles. The number of carboxylic acid groups (broad SMARTS) is 1. The van der Waals surface area contributed by atoms with Crippen LogP contribution >= 0.6 is 12.4 Å². The van der Waals surface area contributed by atoms with E-state index in [-0.39, 0.29) is 18.8 Å². The van der Waals surface area contributed by atoms with Gasteiger partial charge in [0.1, 0.15) is 0 Å². The van der Waals surface area contributed by atoms with Crippen molar-refractivity contribution in [2.45, 2.75) is 12.5 Å². The number of aliphatic carboxylic acids is 1. The first kappa shape index (κ1) is 13.5. The van der Waals surface area contributed by atoms with Gasteiger partial charge in [-0.05, 0) is 16.3 Å². The van der Waals surface area contributed by atoms with Gasteiger partial charge in [-0.1, -0.05) is 42.5 Å². The zero-order valence-electron chi connectivity index (χ0n) is 9.17. The van der Waals surface area contributed by atoms with Gasteiger partial charge in [-0.15, -0.1) is 12.4 Å². The Kier molecular flexibility index (Phi) is 4.49. The van der Waals surface area contributed by atoms with Gasteiger partial charge in [0, 0.05) is 6.04 Å². The van der Waals surface area contributed by atoms with E-state index in [1.54, 1.807) is 0 Å². The van der Waals surface area contributed by atoms with E-state index in [2.05, 4.69) is 0 Å². The third-order valence-electron chi connectivity index (χ3n) is 2.62. The second kappa shape index (κ2) is 5.66. The van der Waals surface area contributed by atoms with Crippen molar-refractivity contribution in [2.75, 3.05) is 0 Å². The van der Waals surface area contributed by atoms with E-state index in [1.807, 2.05) is 42.5 Å². The minimum atomic E-state index is -0.875. The van der Waals surface area contributed by atoms with Crippen LogP contribution in [0.3, 0.4) is 0 Å². The molecule has 0 saturated heterocycles. The fraction of sp³-hybridized carbons (Fsp3) is 0.154. The lowest BCUT2D eigenvalue weighted by Crippen LogP contribution is -2.15. The Morgan fingerprint density at radius 1 is 1.18 bits per heavy atom. The maximum absolute atomic E-state index is 10.6. The van der Waals surface area contributed by atoms with Crippen LogP contribution in [0.25, 0.3) is 10.8 Å². The summed E-state index contributed by atoms with van der Waals surface area (Å²) in [5, 5.41) is 10.8. The molecule has 0 aromatic heterocycles. The molecule has 0 aliphatic carbocycles. The molecule has 2 rings (SSSR count). The molecule has 0 radical (unpaired) electrons. The molecule has 0 bridgehead atoms. The summed E-state index contributed by atoms with van der Waals surface area (Å²) in [6.45, 7) is 0. The quantitative estimate of drug-likeness (QED) is 0.882. The zero-order chi connectivity index (χ0) is 11.5. The summed E-state index contributed by atoms with van der Waals surface area (Å²) in [6.07, 6.45) is -0.0476. The van der Waals surface area contributed by atoms with Crippen molar-refractivity contribution in [1.29, 1.82) is 0 Å². The molecule has 2 aromatic rings. The minimum absolute atomic E-state index is 0. The van der Waals surface area contributed by atoms with Crippen LogP contribution in [-0.2, 0) is 4.79 Å². The fourth-order valence-electron chi connectivity index (χ4n) is 1.87. The average molecular weight is 252 g/mol. The maximum atomic E-state index is 10.6. The molecule has 0 unspecified atom stereocenters. The van der Waals surface area contributed by atoms with Crippen molar-refractivity contribution in [2.24, 2.45) is 5.73 Å². The highest BCUT2D eigenvalue weighted by atomic mass is 35.5. The van der Waals surface area contributed by atoms with Gasteiger partial charge in [-0.2, -0.15) is 0 Å². The molecule has 0 fully saturated rings. The first-order valence-electron chi connectivity index (χ1n) is 5.13. The second-order valence-corrected chi connectivity index (χ2v) is 3.77. The largest absolute Gasteiger partial charge is 0.481 e. The lowest BCUT2D eigenvalue weighted by molar-refractivity contribution is -0.137. The summed E-state index contributed by atoms with van der Waals surface area (Å²) in [6, 6.07) is 13.2. The Morgan fingerprint density at radius 2 is 1.82 bits per heavy atom. The van der Waals surface area contributed by atoms with Gasteiger partial charge in [-0.3, -0.25) is 4.79 Å². The van der Waals surface area contributed by atoms with Crippen molar-refractivity contribution < 1.29 is 9.90 Å². The lowest BCUT2D eigenvalue weighted by Gasteiger charge is -2.12.